The number of nitrogens with zero attached hydrogens (tertiary/aromatic N) is 1. The first-order chi connectivity index (χ1) is 35.0. The molecular formula is C69H47NO. The second-order valence-electron chi connectivity index (χ2n) is 19.6. The molecule has 2 nitrogen and oxygen atoms in total. The van der Waals surface area contributed by atoms with E-state index >= 15 is 0 Å². The van der Waals surface area contributed by atoms with Gasteiger partial charge in [0.05, 0.1) is 0 Å². The van der Waals surface area contributed by atoms with Gasteiger partial charge in [0.15, 0.2) is 0 Å². The minimum atomic E-state index is -0.153. The molecule has 0 aliphatic heterocycles. The number of rotatable bonds is 6. The van der Waals surface area contributed by atoms with Gasteiger partial charge in [-0.2, -0.15) is 0 Å². The van der Waals surface area contributed by atoms with E-state index in [1.54, 1.807) is 0 Å². The van der Waals surface area contributed by atoms with E-state index in [0.29, 0.717) is 0 Å². The fourth-order valence-corrected chi connectivity index (χ4v) is 11.7. The molecule has 2 heteroatoms. The predicted molar refractivity (Wildman–Crippen MR) is 298 cm³/mol. The third kappa shape index (κ3) is 6.56. The van der Waals surface area contributed by atoms with Crippen LogP contribution < -0.4 is 4.90 Å². The van der Waals surface area contributed by atoms with Crippen LogP contribution in [0.25, 0.3) is 111 Å². The summed E-state index contributed by atoms with van der Waals surface area (Å²) in [5, 5.41) is 2.26. The predicted octanol–water partition coefficient (Wildman–Crippen LogP) is 19.3. The lowest BCUT2D eigenvalue weighted by Gasteiger charge is -2.30. The van der Waals surface area contributed by atoms with Gasteiger partial charge in [-0.3, -0.25) is 0 Å². The molecule has 2 aliphatic carbocycles. The summed E-state index contributed by atoms with van der Waals surface area (Å²) in [6.45, 7) is 4.73. The van der Waals surface area contributed by atoms with E-state index in [-0.39, 0.29) is 5.41 Å². The maximum Gasteiger partial charge on any atom is 0.143 e. The van der Waals surface area contributed by atoms with Crippen LogP contribution in [0.15, 0.2) is 253 Å². The minimum Gasteiger partial charge on any atom is -0.455 e. The molecule has 0 N–H and O–H groups in total. The molecule has 0 radical (unpaired) electrons. The van der Waals surface area contributed by atoms with Crippen molar-refractivity contribution in [1.82, 2.24) is 0 Å². The molecule has 2 aliphatic rings. The molecule has 0 unspecified atom stereocenters. The Kier molecular flexibility index (Phi) is 9.28. The van der Waals surface area contributed by atoms with Crippen LogP contribution in [0.1, 0.15) is 25.0 Å². The van der Waals surface area contributed by atoms with Crippen molar-refractivity contribution >= 4 is 39.0 Å². The number of furan rings is 1. The van der Waals surface area contributed by atoms with Gasteiger partial charge in [0.2, 0.25) is 0 Å². The van der Waals surface area contributed by atoms with E-state index in [4.69, 9.17) is 4.42 Å². The molecular weight excluding hydrogens is 859 g/mol. The first-order valence-electron chi connectivity index (χ1n) is 24.7. The zero-order valence-corrected chi connectivity index (χ0v) is 39.5. The molecule has 71 heavy (non-hydrogen) atoms. The average Bonchev–Trinajstić information content (AvgIpc) is 3.93. The Morgan fingerprint density at radius 3 is 1.41 bits per heavy atom. The number of para-hydroxylation sites is 2. The van der Waals surface area contributed by atoms with Crippen molar-refractivity contribution in [2.75, 3.05) is 4.90 Å². The van der Waals surface area contributed by atoms with Gasteiger partial charge < -0.3 is 9.32 Å². The summed E-state index contributed by atoms with van der Waals surface area (Å²) in [7, 11) is 0. The third-order valence-corrected chi connectivity index (χ3v) is 15.3. The lowest BCUT2D eigenvalue weighted by molar-refractivity contribution is 0.660. The van der Waals surface area contributed by atoms with E-state index < -0.39 is 0 Å². The van der Waals surface area contributed by atoms with Gasteiger partial charge >= 0.3 is 0 Å². The fourth-order valence-electron chi connectivity index (χ4n) is 11.7. The summed E-state index contributed by atoms with van der Waals surface area (Å²) in [4.78, 5) is 2.45. The van der Waals surface area contributed by atoms with Crippen LogP contribution in [0.2, 0.25) is 0 Å². The molecule has 0 bridgehead atoms. The number of hydrogen-bond acceptors (Lipinski definition) is 2. The summed E-state index contributed by atoms with van der Waals surface area (Å²) >= 11 is 0. The monoisotopic (exact) mass is 905 g/mol. The van der Waals surface area contributed by atoms with Gasteiger partial charge in [0.25, 0.3) is 0 Å². The van der Waals surface area contributed by atoms with Crippen LogP contribution >= 0.6 is 0 Å². The van der Waals surface area contributed by atoms with Crippen LogP contribution in [0.4, 0.5) is 17.1 Å². The van der Waals surface area contributed by atoms with Gasteiger partial charge in [-0.25, -0.2) is 0 Å². The van der Waals surface area contributed by atoms with Crippen molar-refractivity contribution < 1.29 is 4.42 Å². The van der Waals surface area contributed by atoms with Crippen molar-refractivity contribution in [3.8, 4) is 89.0 Å². The smallest absolute Gasteiger partial charge is 0.143 e. The van der Waals surface area contributed by atoms with Crippen molar-refractivity contribution in [2.24, 2.45) is 0 Å². The van der Waals surface area contributed by atoms with Crippen LogP contribution in [0.5, 0.6) is 0 Å². The summed E-state index contributed by atoms with van der Waals surface area (Å²) < 4.78 is 6.60. The standard InChI is InChI=1S/C69H47NO/c1-69(2)65-25-12-10-21-59(65)60-40-37-51(43-66(60)69)70(49-34-31-47(32-35-49)46-29-27-45(28-30-46)44-15-4-3-5-16-44)50-36-39-58-57-38-33-48(52-23-14-24-62-61-22-11-13-26-67(61)71-68(52)62)41-63(57)55-19-8-6-17-53(55)54-18-7-9-20-56(54)64(58)42-50/h3-43H,1-2H3. The summed E-state index contributed by atoms with van der Waals surface area (Å²) in [6.07, 6.45) is 0. The third-order valence-electron chi connectivity index (χ3n) is 15.3. The van der Waals surface area contributed by atoms with Gasteiger partial charge in [-0.1, -0.05) is 214 Å². The Balaban J connectivity index is 0.944. The molecule has 0 fully saturated rings. The minimum absolute atomic E-state index is 0.153. The van der Waals surface area contributed by atoms with Crippen molar-refractivity contribution in [2.45, 2.75) is 19.3 Å². The van der Waals surface area contributed by atoms with Crippen molar-refractivity contribution in [1.29, 1.82) is 0 Å². The van der Waals surface area contributed by atoms with Crippen molar-refractivity contribution in [3.63, 3.8) is 0 Å². The first-order valence-corrected chi connectivity index (χ1v) is 24.7. The van der Waals surface area contributed by atoms with E-state index in [1.165, 1.54) is 89.0 Å². The topological polar surface area (TPSA) is 16.4 Å². The lowest BCUT2D eigenvalue weighted by Crippen LogP contribution is -2.16. The van der Waals surface area contributed by atoms with Crippen LogP contribution in [-0.4, -0.2) is 0 Å². The molecule has 0 atom stereocenters. The highest BCUT2D eigenvalue weighted by Gasteiger charge is 2.36. The second-order valence-corrected chi connectivity index (χ2v) is 19.6. The summed E-state index contributed by atoms with van der Waals surface area (Å²) in [5.74, 6) is 0. The molecule has 334 valence electrons. The van der Waals surface area contributed by atoms with E-state index in [2.05, 4.69) is 261 Å². The van der Waals surface area contributed by atoms with Gasteiger partial charge in [-0.15, -0.1) is 0 Å². The number of anilines is 3. The highest BCUT2D eigenvalue weighted by Crippen LogP contribution is 2.53. The molecule has 11 aromatic carbocycles. The molecule has 1 heterocycles. The zero-order chi connectivity index (χ0) is 47.2. The quantitative estimate of drug-likeness (QED) is 0.165. The molecule has 0 saturated carbocycles. The molecule has 1 aromatic heterocycles. The van der Waals surface area contributed by atoms with E-state index in [9.17, 15) is 0 Å². The van der Waals surface area contributed by atoms with Gasteiger partial charge in [-0.05, 0) is 143 Å². The molecule has 0 saturated heterocycles. The maximum atomic E-state index is 6.60. The van der Waals surface area contributed by atoms with E-state index in [0.717, 1.165) is 50.1 Å². The van der Waals surface area contributed by atoms with E-state index in [1.807, 2.05) is 6.07 Å². The fraction of sp³-hybridized carbons (Fsp3) is 0.0435. The van der Waals surface area contributed by atoms with Crippen LogP contribution in [-0.2, 0) is 5.41 Å². The number of fused-ring (bicyclic) bond motifs is 14. The largest absolute Gasteiger partial charge is 0.455 e. The maximum absolute atomic E-state index is 6.60. The lowest BCUT2D eigenvalue weighted by atomic mass is 9.80. The Morgan fingerprint density at radius 2 is 0.718 bits per heavy atom. The van der Waals surface area contributed by atoms with Gasteiger partial charge in [0, 0.05) is 38.8 Å². The Morgan fingerprint density at radius 1 is 0.282 bits per heavy atom. The van der Waals surface area contributed by atoms with Crippen molar-refractivity contribution in [3.05, 3.63) is 260 Å². The Bertz CT molecular complexity index is 4060. The van der Waals surface area contributed by atoms with Crippen LogP contribution in [0.3, 0.4) is 0 Å². The molecule has 12 aromatic rings. The summed E-state index contributed by atoms with van der Waals surface area (Å²) in [6, 6.07) is 91.4. The summed E-state index contributed by atoms with van der Waals surface area (Å²) in [5.41, 5.74) is 26.9. The average molecular weight is 906 g/mol. The van der Waals surface area contributed by atoms with Crippen LogP contribution in [0, 0.1) is 0 Å². The zero-order valence-electron chi connectivity index (χ0n) is 39.5. The van der Waals surface area contributed by atoms with Gasteiger partial charge in [0.1, 0.15) is 11.2 Å². The normalized spacial score (nSPS) is 12.8. The Labute approximate surface area is 414 Å². The molecule has 0 amide bonds. The molecule has 0 spiro atoms. The Hall–Kier alpha value is -8.98. The highest BCUT2D eigenvalue weighted by molar-refractivity contribution is 6.11. The second kappa shape index (κ2) is 16.1. The number of hydrogen-bond donors (Lipinski definition) is 0. The highest BCUT2D eigenvalue weighted by atomic mass is 16.3. The number of benzene rings is 11. The first kappa shape index (κ1) is 41.0. The molecule has 14 rings (SSSR count). The SMILES string of the molecule is CC1(C)c2ccccc2-c2ccc(N(c3ccc(-c4ccc(-c5ccccc5)cc4)cc3)c3ccc4c(c3)-c3ccccc3-c3ccccc3-c3cc(-c5cccc6c5oc5ccccc56)ccc3-4)cc21.